The Hall–Kier alpha value is -0.820. The van der Waals surface area contributed by atoms with Gasteiger partial charge in [0.25, 0.3) is 0 Å². The fourth-order valence-corrected chi connectivity index (χ4v) is 0.663. The van der Waals surface area contributed by atoms with Gasteiger partial charge >= 0.3 is 0 Å². The fourth-order valence-electron chi connectivity index (χ4n) is 0.663. The van der Waals surface area contributed by atoms with Gasteiger partial charge in [0.2, 0.25) is 0 Å². The molecule has 0 radical (unpaired) electrons. The predicted octanol–water partition coefficient (Wildman–Crippen LogP) is 2.66. The van der Waals surface area contributed by atoms with Crippen LogP contribution in [0.1, 0.15) is 24.5 Å². The van der Waals surface area contributed by atoms with Crippen LogP contribution >= 0.6 is 0 Å². The van der Waals surface area contributed by atoms with Gasteiger partial charge in [0, 0.05) is 0 Å². The minimum Gasteiger partial charge on any atom is -0.330 e. The normalized spacial score (nSPS) is 8.67. The number of hydrogen-bond donors (Lipinski definition) is 1. The number of benzene rings is 1. The quantitative estimate of drug-likeness (QED) is 0.680. The van der Waals surface area contributed by atoms with Gasteiger partial charge in [0.1, 0.15) is 0 Å². The fraction of sp³-hybridized carbons (Fsp3) is 0.455. The van der Waals surface area contributed by atoms with E-state index in [0.29, 0.717) is 0 Å². The Balaban J connectivity index is 0.000000261. The molecule has 0 saturated carbocycles. The molecule has 0 aromatic heterocycles. The summed E-state index contributed by atoms with van der Waals surface area (Å²) < 4.78 is 0. The monoisotopic (exact) mass is 165 g/mol. The summed E-state index contributed by atoms with van der Waals surface area (Å²) in [6, 6.07) is 8.36. The molecule has 1 aromatic carbocycles. The van der Waals surface area contributed by atoms with Crippen LogP contribution in [0.5, 0.6) is 0 Å². The minimum atomic E-state index is 0.819. The average molecular weight is 165 g/mol. The van der Waals surface area contributed by atoms with Crippen molar-refractivity contribution in [1.82, 2.24) is 0 Å². The zero-order valence-electron chi connectivity index (χ0n) is 8.30. The molecule has 0 fully saturated rings. The van der Waals surface area contributed by atoms with Crippen molar-refractivity contribution in [3.05, 3.63) is 35.4 Å². The molecule has 0 heterocycles. The highest BCUT2D eigenvalue weighted by molar-refractivity contribution is 5.23. The van der Waals surface area contributed by atoms with E-state index >= 15 is 0 Å². The summed E-state index contributed by atoms with van der Waals surface area (Å²) in [5, 5.41) is 0. The van der Waals surface area contributed by atoms with E-state index in [0.717, 1.165) is 13.0 Å². The molecule has 0 spiro atoms. The summed E-state index contributed by atoms with van der Waals surface area (Å²) in [5.74, 6) is 0. The summed E-state index contributed by atoms with van der Waals surface area (Å²) in [6.45, 7) is 7.12. The Bertz CT molecular complexity index is 183. The van der Waals surface area contributed by atoms with Gasteiger partial charge in [-0.3, -0.25) is 0 Å². The number of rotatable bonds is 1. The maximum absolute atomic E-state index is 5.03. The molecule has 0 aliphatic rings. The van der Waals surface area contributed by atoms with Crippen LogP contribution in [-0.4, -0.2) is 6.54 Å². The smallest absolute Gasteiger partial charge is 0.00799 e. The van der Waals surface area contributed by atoms with Gasteiger partial charge in [0.15, 0.2) is 0 Å². The third-order valence-electron chi connectivity index (χ3n) is 1.71. The predicted molar refractivity (Wildman–Crippen MR) is 55.3 cm³/mol. The Morgan fingerprint density at radius 2 is 1.42 bits per heavy atom. The molecular weight excluding hydrogens is 146 g/mol. The maximum atomic E-state index is 5.03. The summed E-state index contributed by atoms with van der Waals surface area (Å²) in [5.41, 5.74) is 7.76. The van der Waals surface area contributed by atoms with E-state index in [-0.39, 0.29) is 0 Å². The SMILES string of the molecule is CCCN.Cc1ccccc1C. The van der Waals surface area contributed by atoms with Crippen LogP contribution in [0.4, 0.5) is 0 Å². The highest BCUT2D eigenvalue weighted by Gasteiger charge is 1.83. The molecule has 0 unspecified atom stereocenters. The van der Waals surface area contributed by atoms with Crippen LogP contribution in [0.3, 0.4) is 0 Å². The molecule has 1 aromatic rings. The van der Waals surface area contributed by atoms with Gasteiger partial charge < -0.3 is 5.73 Å². The first-order valence-electron chi connectivity index (χ1n) is 4.44. The van der Waals surface area contributed by atoms with Crippen LogP contribution in [0, 0.1) is 13.8 Å². The zero-order valence-corrected chi connectivity index (χ0v) is 8.30. The summed E-state index contributed by atoms with van der Waals surface area (Å²) in [7, 11) is 0. The van der Waals surface area contributed by atoms with Crippen LogP contribution in [0.15, 0.2) is 24.3 Å². The van der Waals surface area contributed by atoms with Crippen molar-refractivity contribution in [1.29, 1.82) is 0 Å². The topological polar surface area (TPSA) is 26.0 Å². The van der Waals surface area contributed by atoms with Gasteiger partial charge in [0.05, 0.1) is 0 Å². The van der Waals surface area contributed by atoms with Crippen molar-refractivity contribution in [2.75, 3.05) is 6.54 Å². The second-order valence-electron chi connectivity index (χ2n) is 2.87. The Morgan fingerprint density at radius 1 is 1.08 bits per heavy atom. The van der Waals surface area contributed by atoms with E-state index in [4.69, 9.17) is 5.73 Å². The van der Waals surface area contributed by atoms with Crippen LogP contribution in [0.25, 0.3) is 0 Å². The highest BCUT2D eigenvalue weighted by Crippen LogP contribution is 2.02. The molecule has 1 heteroatoms. The maximum Gasteiger partial charge on any atom is -0.00799 e. The summed E-state index contributed by atoms with van der Waals surface area (Å²) >= 11 is 0. The third-order valence-corrected chi connectivity index (χ3v) is 1.71. The van der Waals surface area contributed by atoms with E-state index < -0.39 is 0 Å². The van der Waals surface area contributed by atoms with Crippen LogP contribution in [0.2, 0.25) is 0 Å². The molecule has 12 heavy (non-hydrogen) atoms. The molecule has 1 rings (SSSR count). The van der Waals surface area contributed by atoms with Gasteiger partial charge in [-0.2, -0.15) is 0 Å². The lowest BCUT2D eigenvalue weighted by molar-refractivity contribution is 0.932. The Kier molecular flexibility index (Phi) is 6.39. The average Bonchev–Trinajstić information content (AvgIpc) is 2.11. The van der Waals surface area contributed by atoms with E-state index in [1.807, 2.05) is 0 Å². The minimum absolute atomic E-state index is 0.819. The van der Waals surface area contributed by atoms with E-state index in [1.165, 1.54) is 11.1 Å². The summed E-state index contributed by atoms with van der Waals surface area (Å²) in [4.78, 5) is 0. The lowest BCUT2D eigenvalue weighted by Gasteiger charge is -1.93. The molecule has 0 bridgehead atoms. The first-order valence-corrected chi connectivity index (χ1v) is 4.44. The number of aryl methyl sites for hydroxylation is 2. The van der Waals surface area contributed by atoms with Crippen molar-refractivity contribution >= 4 is 0 Å². The lowest BCUT2D eigenvalue weighted by atomic mass is 10.1. The van der Waals surface area contributed by atoms with Crippen molar-refractivity contribution < 1.29 is 0 Å². The second kappa shape index (κ2) is 6.86. The first-order chi connectivity index (χ1) is 5.72. The highest BCUT2D eigenvalue weighted by atomic mass is 14.5. The van der Waals surface area contributed by atoms with Gasteiger partial charge in [-0.15, -0.1) is 0 Å². The molecular formula is C11H19N. The number of hydrogen-bond acceptors (Lipinski definition) is 1. The second-order valence-corrected chi connectivity index (χ2v) is 2.87. The Morgan fingerprint density at radius 3 is 1.58 bits per heavy atom. The molecule has 0 aliphatic carbocycles. The van der Waals surface area contributed by atoms with E-state index in [2.05, 4.69) is 45.0 Å². The zero-order chi connectivity index (χ0) is 9.40. The molecule has 0 aliphatic heterocycles. The van der Waals surface area contributed by atoms with Gasteiger partial charge in [-0.05, 0) is 37.9 Å². The number of nitrogens with two attached hydrogens (primary N) is 1. The van der Waals surface area contributed by atoms with Crippen molar-refractivity contribution in [2.45, 2.75) is 27.2 Å². The summed E-state index contributed by atoms with van der Waals surface area (Å²) in [6.07, 6.45) is 1.10. The standard InChI is InChI=1S/C8H10.C3H9N/c1-7-5-3-4-6-8(7)2;1-2-3-4/h3-6H,1-2H3;2-4H2,1H3. The van der Waals surface area contributed by atoms with E-state index in [9.17, 15) is 0 Å². The van der Waals surface area contributed by atoms with Crippen LogP contribution in [-0.2, 0) is 0 Å². The molecule has 68 valence electrons. The van der Waals surface area contributed by atoms with Crippen molar-refractivity contribution in [3.8, 4) is 0 Å². The van der Waals surface area contributed by atoms with Crippen LogP contribution < -0.4 is 5.73 Å². The Labute approximate surface area is 75.6 Å². The van der Waals surface area contributed by atoms with E-state index in [1.54, 1.807) is 0 Å². The van der Waals surface area contributed by atoms with Gasteiger partial charge in [-0.1, -0.05) is 31.2 Å². The van der Waals surface area contributed by atoms with Gasteiger partial charge in [-0.25, -0.2) is 0 Å². The molecule has 1 nitrogen and oxygen atoms in total. The largest absolute Gasteiger partial charge is 0.330 e. The lowest BCUT2D eigenvalue weighted by Crippen LogP contribution is -1.93. The van der Waals surface area contributed by atoms with Crippen molar-refractivity contribution in [3.63, 3.8) is 0 Å². The third kappa shape index (κ3) is 4.91. The molecule has 0 saturated heterocycles. The van der Waals surface area contributed by atoms with Crippen molar-refractivity contribution in [2.24, 2.45) is 5.73 Å². The first kappa shape index (κ1) is 11.2. The molecule has 2 N–H and O–H groups in total. The molecule has 0 amide bonds. The molecule has 0 atom stereocenters.